The van der Waals surface area contributed by atoms with E-state index >= 15 is 0 Å². The van der Waals surface area contributed by atoms with Crippen LogP contribution in [0.5, 0.6) is 0 Å². The summed E-state index contributed by atoms with van der Waals surface area (Å²) in [6, 6.07) is 6.79. The van der Waals surface area contributed by atoms with Gasteiger partial charge in [0.1, 0.15) is 0 Å². The number of benzene rings is 1. The zero-order valence-electron chi connectivity index (χ0n) is 10.8. The number of nitrogens with zero attached hydrogens (tertiary/aromatic N) is 1. The Labute approximate surface area is 114 Å². The molecular formula is C13H15F3N2O2. The van der Waals surface area contributed by atoms with E-state index < -0.39 is 17.9 Å². The normalized spacial score (nSPS) is 26.3. The van der Waals surface area contributed by atoms with E-state index in [4.69, 9.17) is 5.73 Å². The largest absolute Gasteiger partial charge is 0.458 e. The fraction of sp³-hybridized carbons (Fsp3) is 0.462. The molecule has 1 aliphatic heterocycles. The highest BCUT2D eigenvalue weighted by Crippen LogP contribution is 2.44. The third kappa shape index (κ3) is 2.38. The molecule has 1 aromatic rings. The molecule has 1 aromatic carbocycles. The zero-order chi connectivity index (χ0) is 15.0. The van der Waals surface area contributed by atoms with Gasteiger partial charge in [0.15, 0.2) is 0 Å². The lowest BCUT2D eigenvalue weighted by Crippen LogP contribution is -2.52. The van der Waals surface area contributed by atoms with Crippen LogP contribution in [0.15, 0.2) is 29.4 Å². The standard InChI is InChI=1S/C13H15F3N2O2/c1-8-2-4-9(5-3-8)11-10(6-7-17)12(19,20-18-11)13(14,15)16/h2-5,10,19H,6-7,17H2,1H3/t10-,12+/m1/s1. The highest BCUT2D eigenvalue weighted by atomic mass is 19.4. The number of hydrogen-bond acceptors (Lipinski definition) is 4. The van der Waals surface area contributed by atoms with Gasteiger partial charge in [0.05, 0.1) is 11.6 Å². The highest BCUT2D eigenvalue weighted by Gasteiger charge is 2.66. The van der Waals surface area contributed by atoms with E-state index in [0.717, 1.165) is 5.56 Å². The van der Waals surface area contributed by atoms with Crippen molar-refractivity contribution in [2.75, 3.05) is 6.54 Å². The van der Waals surface area contributed by atoms with Crippen molar-refractivity contribution in [1.29, 1.82) is 0 Å². The molecule has 0 fully saturated rings. The number of aliphatic hydroxyl groups is 1. The highest BCUT2D eigenvalue weighted by molar-refractivity contribution is 6.03. The van der Waals surface area contributed by atoms with Crippen LogP contribution in [-0.4, -0.2) is 29.3 Å². The van der Waals surface area contributed by atoms with Gasteiger partial charge < -0.3 is 15.7 Å². The van der Waals surface area contributed by atoms with E-state index in [0.29, 0.717) is 5.56 Å². The van der Waals surface area contributed by atoms with Gasteiger partial charge >= 0.3 is 12.0 Å². The summed E-state index contributed by atoms with van der Waals surface area (Å²) in [6.07, 6.45) is -5.02. The first-order valence-corrected chi connectivity index (χ1v) is 6.12. The van der Waals surface area contributed by atoms with Crippen LogP contribution in [0, 0.1) is 12.8 Å². The van der Waals surface area contributed by atoms with Crippen molar-refractivity contribution in [3.63, 3.8) is 0 Å². The second-order valence-electron chi connectivity index (χ2n) is 4.76. The summed E-state index contributed by atoms with van der Waals surface area (Å²) in [5.74, 6) is -4.65. The minimum absolute atomic E-state index is 0.0166. The van der Waals surface area contributed by atoms with Crippen molar-refractivity contribution in [2.24, 2.45) is 16.8 Å². The van der Waals surface area contributed by atoms with E-state index in [9.17, 15) is 18.3 Å². The number of halogens is 3. The summed E-state index contributed by atoms with van der Waals surface area (Å²) in [4.78, 5) is 4.33. The Morgan fingerprint density at radius 2 is 1.95 bits per heavy atom. The molecular weight excluding hydrogens is 273 g/mol. The number of alkyl halides is 3. The lowest BCUT2D eigenvalue weighted by atomic mass is 9.86. The van der Waals surface area contributed by atoms with Gasteiger partial charge in [0.25, 0.3) is 0 Å². The molecule has 20 heavy (non-hydrogen) atoms. The molecule has 7 heteroatoms. The predicted octanol–water partition coefficient (Wildman–Crippen LogP) is 1.95. The van der Waals surface area contributed by atoms with Crippen molar-refractivity contribution < 1.29 is 23.1 Å². The summed E-state index contributed by atoms with van der Waals surface area (Å²) < 4.78 is 38.9. The van der Waals surface area contributed by atoms with Gasteiger partial charge in [-0.05, 0) is 25.5 Å². The van der Waals surface area contributed by atoms with Crippen LogP contribution in [0.3, 0.4) is 0 Å². The first-order valence-electron chi connectivity index (χ1n) is 6.12. The quantitative estimate of drug-likeness (QED) is 0.893. The smallest absolute Gasteiger partial charge is 0.349 e. The van der Waals surface area contributed by atoms with Crippen LogP contribution in [-0.2, 0) is 4.84 Å². The molecule has 0 aromatic heterocycles. The third-order valence-electron chi connectivity index (χ3n) is 3.29. The average molecular weight is 288 g/mol. The van der Waals surface area contributed by atoms with Crippen molar-refractivity contribution in [3.8, 4) is 0 Å². The number of oxime groups is 1. The molecule has 0 aliphatic carbocycles. The first-order chi connectivity index (χ1) is 9.29. The molecule has 0 bridgehead atoms. The minimum Gasteiger partial charge on any atom is -0.349 e. The molecule has 0 radical (unpaired) electrons. The first kappa shape index (κ1) is 14.8. The van der Waals surface area contributed by atoms with Gasteiger partial charge in [-0.3, -0.25) is 0 Å². The Morgan fingerprint density at radius 3 is 2.45 bits per heavy atom. The Balaban J connectivity index is 2.37. The number of nitrogens with two attached hydrogens (primary N) is 1. The second kappa shape index (κ2) is 5.06. The molecule has 0 saturated carbocycles. The van der Waals surface area contributed by atoms with Crippen molar-refractivity contribution in [2.45, 2.75) is 25.3 Å². The summed E-state index contributed by atoms with van der Waals surface area (Å²) in [7, 11) is 0. The second-order valence-corrected chi connectivity index (χ2v) is 4.76. The van der Waals surface area contributed by atoms with Crippen molar-refractivity contribution in [1.82, 2.24) is 0 Å². The third-order valence-corrected chi connectivity index (χ3v) is 3.29. The van der Waals surface area contributed by atoms with Crippen LogP contribution < -0.4 is 5.73 Å². The van der Waals surface area contributed by atoms with Crippen LogP contribution in [0.25, 0.3) is 0 Å². The molecule has 2 atom stereocenters. The lowest BCUT2D eigenvalue weighted by Gasteiger charge is -2.29. The summed E-state index contributed by atoms with van der Waals surface area (Å²) in [5.41, 5.74) is 6.86. The van der Waals surface area contributed by atoms with E-state index in [-0.39, 0.29) is 18.7 Å². The number of hydrogen-bond donors (Lipinski definition) is 2. The monoisotopic (exact) mass is 288 g/mol. The van der Waals surface area contributed by atoms with Gasteiger partial charge in [-0.1, -0.05) is 35.0 Å². The van der Waals surface area contributed by atoms with Gasteiger partial charge in [-0.15, -0.1) is 0 Å². The maximum absolute atomic E-state index is 13.0. The maximum Gasteiger partial charge on any atom is 0.458 e. The molecule has 4 nitrogen and oxygen atoms in total. The Kier molecular flexibility index (Phi) is 3.75. The van der Waals surface area contributed by atoms with E-state index in [1.165, 1.54) is 0 Å². The molecule has 1 heterocycles. The van der Waals surface area contributed by atoms with Crippen LogP contribution >= 0.6 is 0 Å². The van der Waals surface area contributed by atoms with Gasteiger partial charge in [-0.25, -0.2) is 0 Å². The molecule has 110 valence electrons. The fourth-order valence-electron chi connectivity index (χ4n) is 2.16. The number of rotatable bonds is 3. The van der Waals surface area contributed by atoms with Gasteiger partial charge in [0.2, 0.25) is 0 Å². The Bertz CT molecular complexity index is 513. The molecule has 0 unspecified atom stereocenters. The van der Waals surface area contributed by atoms with Gasteiger partial charge in [-0.2, -0.15) is 13.2 Å². The van der Waals surface area contributed by atoms with Crippen LogP contribution in [0.2, 0.25) is 0 Å². The van der Waals surface area contributed by atoms with Crippen LogP contribution in [0.1, 0.15) is 17.5 Å². The fourth-order valence-corrected chi connectivity index (χ4v) is 2.16. The Morgan fingerprint density at radius 1 is 1.35 bits per heavy atom. The molecule has 0 saturated heterocycles. The zero-order valence-corrected chi connectivity index (χ0v) is 10.8. The van der Waals surface area contributed by atoms with E-state index in [2.05, 4.69) is 9.99 Å². The van der Waals surface area contributed by atoms with E-state index in [1.54, 1.807) is 24.3 Å². The number of aryl methyl sites for hydroxylation is 1. The summed E-state index contributed by atoms with van der Waals surface area (Å²) in [5, 5.41) is 13.2. The molecule has 0 spiro atoms. The van der Waals surface area contributed by atoms with Gasteiger partial charge in [0, 0.05) is 0 Å². The topological polar surface area (TPSA) is 67.8 Å². The Hall–Kier alpha value is -1.60. The average Bonchev–Trinajstić information content (AvgIpc) is 2.70. The maximum atomic E-state index is 13.0. The molecule has 0 amide bonds. The summed E-state index contributed by atoms with van der Waals surface area (Å²) in [6.45, 7) is 1.84. The van der Waals surface area contributed by atoms with E-state index in [1.807, 2.05) is 6.92 Å². The SMILES string of the molecule is Cc1ccc(C2=NO[C@](O)(C(F)(F)F)[C@@H]2CCN)cc1. The minimum atomic E-state index is -4.94. The molecule has 2 rings (SSSR count). The predicted molar refractivity (Wildman–Crippen MR) is 67.0 cm³/mol. The molecule has 1 aliphatic rings. The lowest BCUT2D eigenvalue weighted by molar-refractivity contribution is -0.370. The summed E-state index contributed by atoms with van der Waals surface area (Å²) >= 11 is 0. The van der Waals surface area contributed by atoms with Crippen LogP contribution in [0.4, 0.5) is 13.2 Å². The van der Waals surface area contributed by atoms with Crippen molar-refractivity contribution >= 4 is 5.71 Å². The van der Waals surface area contributed by atoms with Crippen molar-refractivity contribution in [3.05, 3.63) is 35.4 Å². The molecule has 3 N–H and O–H groups in total.